The zero-order valence-electron chi connectivity index (χ0n) is 13.4. The highest BCUT2D eigenvalue weighted by molar-refractivity contribution is 9.10. The van der Waals surface area contributed by atoms with Gasteiger partial charge in [-0.15, -0.1) is 0 Å². The third kappa shape index (κ3) is 2.77. The van der Waals surface area contributed by atoms with Crippen molar-refractivity contribution in [2.45, 2.75) is 9.79 Å². The number of halogens is 1. The molecular formula is C18H13BrN4O2S. The number of rotatable bonds is 3. The van der Waals surface area contributed by atoms with Crippen LogP contribution in [0.25, 0.3) is 16.9 Å². The molecule has 0 bridgehead atoms. The Bertz CT molecular complexity index is 1200. The maximum absolute atomic E-state index is 12.8. The third-order valence-corrected chi connectivity index (χ3v) is 6.28. The van der Waals surface area contributed by atoms with Crippen molar-refractivity contribution in [1.82, 2.24) is 14.6 Å². The molecule has 2 N–H and O–H groups in total. The van der Waals surface area contributed by atoms with E-state index < -0.39 is 9.84 Å². The summed E-state index contributed by atoms with van der Waals surface area (Å²) in [6.45, 7) is 0. The first kappa shape index (κ1) is 16.7. The second-order valence-corrected chi connectivity index (χ2v) is 8.46. The molecule has 0 aliphatic heterocycles. The van der Waals surface area contributed by atoms with E-state index >= 15 is 0 Å². The number of anilines is 1. The lowest BCUT2D eigenvalue weighted by Crippen LogP contribution is -2.10. The fourth-order valence-electron chi connectivity index (χ4n) is 2.63. The Morgan fingerprint density at radius 2 is 1.69 bits per heavy atom. The van der Waals surface area contributed by atoms with Gasteiger partial charge < -0.3 is 5.73 Å². The van der Waals surface area contributed by atoms with Crippen molar-refractivity contribution in [2.75, 3.05) is 5.73 Å². The van der Waals surface area contributed by atoms with Crippen molar-refractivity contribution in [3.8, 4) is 11.3 Å². The zero-order valence-corrected chi connectivity index (χ0v) is 15.8. The summed E-state index contributed by atoms with van der Waals surface area (Å²) in [6.07, 6.45) is 1.28. The van der Waals surface area contributed by atoms with Gasteiger partial charge in [-0.2, -0.15) is 9.61 Å². The number of hydrogen-bond donors (Lipinski definition) is 1. The quantitative estimate of drug-likeness (QED) is 0.538. The van der Waals surface area contributed by atoms with E-state index in [1.165, 1.54) is 22.8 Å². The van der Waals surface area contributed by atoms with Gasteiger partial charge in [0.25, 0.3) is 0 Å². The summed E-state index contributed by atoms with van der Waals surface area (Å²) in [5.74, 6) is 0.0298. The third-order valence-electron chi connectivity index (χ3n) is 3.97. The lowest BCUT2D eigenvalue weighted by Gasteiger charge is -2.08. The monoisotopic (exact) mass is 428 g/mol. The summed E-state index contributed by atoms with van der Waals surface area (Å²) in [5, 5.41) is 4.43. The molecule has 2 aromatic heterocycles. The van der Waals surface area contributed by atoms with Crippen LogP contribution in [0.4, 0.5) is 5.82 Å². The molecule has 0 radical (unpaired) electrons. The van der Waals surface area contributed by atoms with Gasteiger partial charge in [0, 0.05) is 16.1 Å². The first-order valence-electron chi connectivity index (χ1n) is 7.67. The Morgan fingerprint density at radius 3 is 2.38 bits per heavy atom. The highest BCUT2D eigenvalue weighted by Crippen LogP contribution is 2.28. The van der Waals surface area contributed by atoms with Crippen LogP contribution in [0.3, 0.4) is 0 Å². The van der Waals surface area contributed by atoms with E-state index in [4.69, 9.17) is 5.73 Å². The maximum atomic E-state index is 12.8. The molecule has 0 spiro atoms. The van der Waals surface area contributed by atoms with Crippen molar-refractivity contribution < 1.29 is 8.42 Å². The van der Waals surface area contributed by atoms with E-state index in [9.17, 15) is 8.42 Å². The van der Waals surface area contributed by atoms with Crippen LogP contribution in [0.5, 0.6) is 0 Å². The predicted octanol–water partition coefficient (Wildman–Crippen LogP) is 3.57. The molecular weight excluding hydrogens is 416 g/mol. The van der Waals surface area contributed by atoms with Gasteiger partial charge in [0.05, 0.1) is 16.8 Å². The first-order valence-corrected chi connectivity index (χ1v) is 9.95. The largest absolute Gasteiger partial charge is 0.382 e. The van der Waals surface area contributed by atoms with E-state index in [2.05, 4.69) is 26.0 Å². The summed E-state index contributed by atoms with van der Waals surface area (Å²) in [6, 6.07) is 17.5. The molecule has 0 amide bonds. The highest BCUT2D eigenvalue weighted by atomic mass is 79.9. The minimum Gasteiger partial charge on any atom is -0.382 e. The van der Waals surface area contributed by atoms with E-state index in [1.807, 2.05) is 24.3 Å². The van der Waals surface area contributed by atoms with E-state index in [0.717, 1.165) is 10.0 Å². The van der Waals surface area contributed by atoms with Crippen LogP contribution >= 0.6 is 15.9 Å². The van der Waals surface area contributed by atoms with Crippen LogP contribution in [0.1, 0.15) is 0 Å². The predicted molar refractivity (Wildman–Crippen MR) is 102 cm³/mol. The van der Waals surface area contributed by atoms with E-state index in [-0.39, 0.29) is 15.6 Å². The minimum absolute atomic E-state index is 0.0298. The van der Waals surface area contributed by atoms with E-state index in [1.54, 1.807) is 24.3 Å². The minimum atomic E-state index is -3.78. The van der Waals surface area contributed by atoms with Crippen LogP contribution in [0.2, 0.25) is 0 Å². The van der Waals surface area contributed by atoms with Crippen molar-refractivity contribution in [1.29, 1.82) is 0 Å². The van der Waals surface area contributed by atoms with E-state index in [0.29, 0.717) is 11.3 Å². The fourth-order valence-corrected chi connectivity index (χ4v) is 4.22. The molecule has 0 aliphatic carbocycles. The number of nitrogens with two attached hydrogens (primary N) is 1. The highest BCUT2D eigenvalue weighted by Gasteiger charge is 2.23. The van der Waals surface area contributed by atoms with Crippen molar-refractivity contribution in [3.05, 3.63) is 71.3 Å². The summed E-state index contributed by atoms with van der Waals surface area (Å²) in [4.78, 5) is 4.32. The molecule has 2 aromatic carbocycles. The Morgan fingerprint density at radius 1 is 1.00 bits per heavy atom. The summed E-state index contributed by atoms with van der Waals surface area (Å²) >= 11 is 3.39. The second kappa shape index (κ2) is 6.22. The Labute approximate surface area is 158 Å². The van der Waals surface area contributed by atoms with Crippen molar-refractivity contribution in [3.63, 3.8) is 0 Å². The molecule has 4 rings (SSSR count). The molecule has 0 unspecified atom stereocenters. The van der Waals surface area contributed by atoms with Gasteiger partial charge >= 0.3 is 0 Å². The maximum Gasteiger partial charge on any atom is 0.211 e. The zero-order chi connectivity index (χ0) is 18.3. The number of benzene rings is 2. The van der Waals surface area contributed by atoms with Crippen LogP contribution in [0.15, 0.2) is 81.1 Å². The molecule has 0 aliphatic rings. The van der Waals surface area contributed by atoms with Gasteiger partial charge in [-0.05, 0) is 24.3 Å². The molecule has 6 nitrogen and oxygen atoms in total. The second-order valence-electron chi connectivity index (χ2n) is 5.63. The van der Waals surface area contributed by atoms with Crippen LogP contribution < -0.4 is 5.73 Å². The molecule has 130 valence electrons. The smallest absolute Gasteiger partial charge is 0.211 e. The van der Waals surface area contributed by atoms with Crippen LogP contribution in [0, 0.1) is 0 Å². The topological polar surface area (TPSA) is 90.4 Å². The van der Waals surface area contributed by atoms with Crippen molar-refractivity contribution >= 4 is 37.2 Å². The first-order chi connectivity index (χ1) is 12.5. The van der Waals surface area contributed by atoms with Gasteiger partial charge in [0.2, 0.25) is 9.84 Å². The number of hydrogen-bond acceptors (Lipinski definition) is 5. The Hall–Kier alpha value is -2.71. The Balaban J connectivity index is 1.87. The van der Waals surface area contributed by atoms with Gasteiger partial charge in [-0.25, -0.2) is 13.4 Å². The number of aromatic nitrogens is 3. The fraction of sp³-hybridized carbons (Fsp3) is 0. The number of nitrogens with zero attached hydrogens (tertiary/aromatic N) is 3. The molecule has 4 aromatic rings. The molecule has 8 heteroatoms. The molecule has 0 saturated carbocycles. The lowest BCUT2D eigenvalue weighted by atomic mass is 10.2. The summed E-state index contributed by atoms with van der Waals surface area (Å²) < 4.78 is 28.0. The molecule has 26 heavy (non-hydrogen) atoms. The lowest BCUT2D eigenvalue weighted by molar-refractivity contribution is 0.595. The van der Waals surface area contributed by atoms with Crippen LogP contribution in [-0.2, 0) is 9.84 Å². The standard InChI is InChI=1S/C18H13BrN4O2S/c19-13-8-6-12(7-9-13)15-10-17-21-11-16(18(20)23(17)22-15)26(24,25)14-4-2-1-3-5-14/h1-11H,20H2. The molecule has 0 fully saturated rings. The van der Waals surface area contributed by atoms with Gasteiger partial charge in [0.1, 0.15) is 10.7 Å². The molecule has 0 saturated heterocycles. The Kier molecular flexibility index (Phi) is 4.01. The van der Waals surface area contributed by atoms with Gasteiger partial charge in [-0.1, -0.05) is 46.3 Å². The molecule has 2 heterocycles. The SMILES string of the molecule is Nc1c(S(=O)(=O)c2ccccc2)cnc2cc(-c3ccc(Br)cc3)nn12. The average Bonchev–Trinajstić information content (AvgIpc) is 3.08. The van der Waals surface area contributed by atoms with Gasteiger partial charge in [-0.3, -0.25) is 0 Å². The number of nitrogen functional groups attached to an aromatic ring is 1. The number of fused-ring (bicyclic) bond motifs is 1. The van der Waals surface area contributed by atoms with Crippen LogP contribution in [-0.4, -0.2) is 23.0 Å². The normalized spacial score (nSPS) is 11.7. The molecule has 0 atom stereocenters. The summed E-state index contributed by atoms with van der Waals surface area (Å²) in [7, 11) is -3.78. The van der Waals surface area contributed by atoms with Crippen molar-refractivity contribution in [2.24, 2.45) is 0 Å². The average molecular weight is 429 g/mol. The summed E-state index contributed by atoms with van der Waals surface area (Å²) in [5.41, 5.74) is 8.15. The number of sulfone groups is 1. The van der Waals surface area contributed by atoms with Gasteiger partial charge in [0.15, 0.2) is 5.65 Å².